The van der Waals surface area contributed by atoms with Crippen LogP contribution in [0.3, 0.4) is 0 Å². The minimum Gasteiger partial charge on any atom is -0.394 e. The minimum atomic E-state index is -0.628. The molecule has 0 fully saturated rings. The first-order valence-corrected chi connectivity index (χ1v) is 5.58. The van der Waals surface area contributed by atoms with Gasteiger partial charge in [-0.3, -0.25) is 10.3 Å². The Morgan fingerprint density at radius 3 is 2.50 bits per heavy atom. The summed E-state index contributed by atoms with van der Waals surface area (Å²) in [4.78, 5) is 4.24. The Kier molecular flexibility index (Phi) is 4.86. The Bertz CT molecular complexity index is 291. The third kappa shape index (κ3) is 3.01. The summed E-state index contributed by atoms with van der Waals surface area (Å²) < 4.78 is 0. The lowest BCUT2D eigenvalue weighted by Gasteiger charge is -2.33. The van der Waals surface area contributed by atoms with Crippen LogP contribution in [0.4, 0.5) is 0 Å². The van der Waals surface area contributed by atoms with Gasteiger partial charge in [-0.1, -0.05) is 13.0 Å². The number of pyridine rings is 1. The van der Waals surface area contributed by atoms with E-state index in [1.807, 2.05) is 32.0 Å². The minimum absolute atomic E-state index is 0.000417. The molecular weight excluding hydrogens is 204 g/mol. The molecule has 4 heteroatoms. The van der Waals surface area contributed by atoms with Gasteiger partial charge in [0.05, 0.1) is 24.4 Å². The molecule has 1 unspecified atom stereocenters. The standard InChI is InChI=1S/C12H20N2O2/c1-3-12(8-15,9-16)14-10(2)11-6-4-5-7-13-11/h4-7,10,14-16H,3,8-9H2,1-2H3. The van der Waals surface area contributed by atoms with E-state index >= 15 is 0 Å². The van der Waals surface area contributed by atoms with E-state index in [-0.39, 0.29) is 19.3 Å². The lowest BCUT2D eigenvalue weighted by atomic mass is 9.96. The first-order chi connectivity index (χ1) is 7.67. The van der Waals surface area contributed by atoms with Crippen LogP contribution >= 0.6 is 0 Å². The van der Waals surface area contributed by atoms with Crippen LogP contribution in [0, 0.1) is 0 Å². The summed E-state index contributed by atoms with van der Waals surface area (Å²) in [6.45, 7) is 3.73. The molecule has 1 atom stereocenters. The fourth-order valence-corrected chi connectivity index (χ4v) is 1.63. The molecule has 90 valence electrons. The van der Waals surface area contributed by atoms with Gasteiger partial charge in [-0.2, -0.15) is 0 Å². The van der Waals surface area contributed by atoms with E-state index in [4.69, 9.17) is 0 Å². The van der Waals surface area contributed by atoms with E-state index in [2.05, 4.69) is 10.3 Å². The van der Waals surface area contributed by atoms with Crippen LogP contribution in [-0.2, 0) is 0 Å². The first kappa shape index (κ1) is 13.1. The van der Waals surface area contributed by atoms with Crippen molar-refractivity contribution in [2.24, 2.45) is 0 Å². The third-order valence-electron chi connectivity index (χ3n) is 2.94. The molecule has 0 radical (unpaired) electrons. The van der Waals surface area contributed by atoms with Gasteiger partial charge in [-0.05, 0) is 25.5 Å². The molecule has 0 aliphatic carbocycles. The van der Waals surface area contributed by atoms with Crippen LogP contribution in [0.5, 0.6) is 0 Å². The molecule has 1 heterocycles. The van der Waals surface area contributed by atoms with Crippen molar-refractivity contribution in [2.75, 3.05) is 13.2 Å². The van der Waals surface area contributed by atoms with Gasteiger partial charge in [0.15, 0.2) is 0 Å². The van der Waals surface area contributed by atoms with Gasteiger partial charge >= 0.3 is 0 Å². The second-order valence-corrected chi connectivity index (χ2v) is 4.07. The number of nitrogens with zero attached hydrogens (tertiary/aromatic N) is 1. The molecular formula is C12H20N2O2. The molecule has 0 saturated carbocycles. The molecule has 1 rings (SSSR count). The van der Waals surface area contributed by atoms with E-state index in [1.54, 1.807) is 6.20 Å². The lowest BCUT2D eigenvalue weighted by molar-refractivity contribution is 0.0789. The van der Waals surface area contributed by atoms with Crippen molar-refractivity contribution in [1.29, 1.82) is 0 Å². The monoisotopic (exact) mass is 224 g/mol. The highest BCUT2D eigenvalue weighted by Gasteiger charge is 2.28. The number of aliphatic hydroxyl groups is 2. The fraction of sp³-hybridized carbons (Fsp3) is 0.583. The average Bonchev–Trinajstić information content (AvgIpc) is 2.37. The van der Waals surface area contributed by atoms with Crippen molar-refractivity contribution in [3.63, 3.8) is 0 Å². The molecule has 0 amide bonds. The number of hydrogen-bond donors (Lipinski definition) is 3. The van der Waals surface area contributed by atoms with Crippen LogP contribution in [0.25, 0.3) is 0 Å². The maximum absolute atomic E-state index is 9.33. The molecule has 0 bridgehead atoms. The van der Waals surface area contributed by atoms with E-state index in [0.29, 0.717) is 6.42 Å². The molecule has 1 aromatic rings. The molecule has 16 heavy (non-hydrogen) atoms. The zero-order chi connectivity index (χ0) is 12.0. The van der Waals surface area contributed by atoms with Crippen LogP contribution < -0.4 is 5.32 Å². The van der Waals surface area contributed by atoms with Crippen molar-refractivity contribution in [1.82, 2.24) is 10.3 Å². The predicted molar refractivity (Wildman–Crippen MR) is 63.0 cm³/mol. The molecule has 1 aromatic heterocycles. The van der Waals surface area contributed by atoms with Crippen molar-refractivity contribution in [3.8, 4) is 0 Å². The number of aromatic nitrogens is 1. The highest BCUT2D eigenvalue weighted by Crippen LogP contribution is 2.16. The summed E-state index contributed by atoms with van der Waals surface area (Å²) in [5, 5.41) is 21.9. The zero-order valence-corrected chi connectivity index (χ0v) is 9.85. The van der Waals surface area contributed by atoms with Crippen LogP contribution in [0.15, 0.2) is 24.4 Å². The van der Waals surface area contributed by atoms with Crippen LogP contribution in [0.2, 0.25) is 0 Å². The van der Waals surface area contributed by atoms with Gasteiger partial charge in [0, 0.05) is 12.2 Å². The number of aliphatic hydroxyl groups excluding tert-OH is 2. The van der Waals surface area contributed by atoms with E-state index in [1.165, 1.54) is 0 Å². The highest BCUT2D eigenvalue weighted by atomic mass is 16.3. The Labute approximate surface area is 96.3 Å². The van der Waals surface area contributed by atoms with Gasteiger partial charge in [0.1, 0.15) is 0 Å². The first-order valence-electron chi connectivity index (χ1n) is 5.58. The van der Waals surface area contributed by atoms with Crippen molar-refractivity contribution >= 4 is 0 Å². The number of nitrogens with one attached hydrogen (secondary N) is 1. The van der Waals surface area contributed by atoms with Crippen molar-refractivity contribution < 1.29 is 10.2 Å². The SMILES string of the molecule is CCC(CO)(CO)NC(C)c1ccccn1. The summed E-state index contributed by atoms with van der Waals surface area (Å²) in [7, 11) is 0. The quantitative estimate of drug-likeness (QED) is 0.670. The largest absolute Gasteiger partial charge is 0.394 e. The molecule has 0 saturated heterocycles. The maximum Gasteiger partial charge on any atom is 0.0650 e. The second-order valence-electron chi connectivity index (χ2n) is 4.07. The average molecular weight is 224 g/mol. The Morgan fingerprint density at radius 1 is 1.38 bits per heavy atom. The summed E-state index contributed by atoms with van der Waals surface area (Å²) in [5.41, 5.74) is 0.277. The van der Waals surface area contributed by atoms with Gasteiger partial charge in [-0.25, -0.2) is 0 Å². The Hall–Kier alpha value is -0.970. The molecule has 4 nitrogen and oxygen atoms in total. The van der Waals surface area contributed by atoms with E-state index in [0.717, 1.165) is 5.69 Å². The normalized spacial score (nSPS) is 13.8. The molecule has 0 aliphatic heterocycles. The Morgan fingerprint density at radius 2 is 2.06 bits per heavy atom. The number of hydrogen-bond acceptors (Lipinski definition) is 4. The summed E-state index contributed by atoms with van der Waals surface area (Å²) in [6.07, 6.45) is 2.40. The summed E-state index contributed by atoms with van der Waals surface area (Å²) in [5.74, 6) is 0. The van der Waals surface area contributed by atoms with E-state index < -0.39 is 5.54 Å². The molecule has 0 aliphatic rings. The van der Waals surface area contributed by atoms with Gasteiger partial charge < -0.3 is 10.2 Å². The third-order valence-corrected chi connectivity index (χ3v) is 2.94. The maximum atomic E-state index is 9.33. The van der Waals surface area contributed by atoms with Crippen LogP contribution in [-0.4, -0.2) is 33.9 Å². The smallest absolute Gasteiger partial charge is 0.0650 e. The number of rotatable bonds is 6. The van der Waals surface area contributed by atoms with E-state index in [9.17, 15) is 10.2 Å². The topological polar surface area (TPSA) is 65.4 Å². The summed E-state index contributed by atoms with van der Waals surface area (Å²) >= 11 is 0. The van der Waals surface area contributed by atoms with Gasteiger partial charge in [0.25, 0.3) is 0 Å². The second kappa shape index (κ2) is 5.94. The van der Waals surface area contributed by atoms with Crippen molar-refractivity contribution in [2.45, 2.75) is 31.8 Å². The lowest BCUT2D eigenvalue weighted by Crippen LogP contribution is -2.52. The molecule has 3 N–H and O–H groups in total. The predicted octanol–water partition coefficient (Wildman–Crippen LogP) is 0.866. The zero-order valence-electron chi connectivity index (χ0n) is 9.85. The van der Waals surface area contributed by atoms with Crippen molar-refractivity contribution in [3.05, 3.63) is 30.1 Å². The van der Waals surface area contributed by atoms with Crippen LogP contribution in [0.1, 0.15) is 32.0 Å². The molecule has 0 aromatic carbocycles. The summed E-state index contributed by atoms with van der Waals surface area (Å²) in [6, 6.07) is 5.71. The Balaban J connectivity index is 2.73. The van der Waals surface area contributed by atoms with Gasteiger partial charge in [-0.15, -0.1) is 0 Å². The molecule has 0 spiro atoms. The fourth-order valence-electron chi connectivity index (χ4n) is 1.63. The highest BCUT2D eigenvalue weighted by molar-refractivity contribution is 5.09. The van der Waals surface area contributed by atoms with Gasteiger partial charge in [0.2, 0.25) is 0 Å².